The number of rotatable bonds is 5. The van der Waals surface area contributed by atoms with Crippen molar-refractivity contribution in [2.24, 2.45) is 5.73 Å². The van der Waals surface area contributed by atoms with E-state index < -0.39 is 11.2 Å². The summed E-state index contributed by atoms with van der Waals surface area (Å²) in [4.78, 5) is 20.4. The van der Waals surface area contributed by atoms with Gasteiger partial charge in [0.15, 0.2) is 4.34 Å². The van der Waals surface area contributed by atoms with Crippen LogP contribution in [0, 0.1) is 0 Å². The number of nitrogens with two attached hydrogens (primary N) is 1. The van der Waals surface area contributed by atoms with Crippen molar-refractivity contribution < 1.29 is 4.79 Å². The molecule has 1 amide bonds. The molecule has 0 radical (unpaired) electrons. The van der Waals surface area contributed by atoms with E-state index in [-0.39, 0.29) is 0 Å². The van der Waals surface area contributed by atoms with Crippen molar-refractivity contribution in [2.45, 2.75) is 9.59 Å². The first-order chi connectivity index (χ1) is 11.5. The molecule has 0 fully saturated rings. The summed E-state index contributed by atoms with van der Waals surface area (Å²) in [5, 5.41) is 2.17. The third-order valence-electron chi connectivity index (χ3n) is 3.18. The molecule has 4 nitrogen and oxygen atoms in total. The van der Waals surface area contributed by atoms with E-state index in [1.54, 1.807) is 30.6 Å². The zero-order valence-corrected chi connectivity index (χ0v) is 15.3. The minimum Gasteiger partial charge on any atom is -0.368 e. The van der Waals surface area contributed by atoms with Crippen LogP contribution in [0.25, 0.3) is 11.3 Å². The number of amides is 1. The number of hydrogen-bond acceptors (Lipinski definition) is 5. The highest BCUT2D eigenvalue weighted by molar-refractivity contribution is 8.01. The Balaban J connectivity index is 1.85. The highest BCUT2D eigenvalue weighted by atomic mass is 35.5. The third-order valence-corrected chi connectivity index (χ3v) is 6.17. The fourth-order valence-electron chi connectivity index (χ4n) is 2.03. The van der Waals surface area contributed by atoms with E-state index in [1.807, 2.05) is 17.5 Å². The van der Waals surface area contributed by atoms with E-state index in [1.165, 1.54) is 23.1 Å². The molecule has 8 heteroatoms. The number of thioether (sulfide) groups is 1. The Bertz CT molecular complexity index is 871. The van der Waals surface area contributed by atoms with E-state index in [4.69, 9.17) is 28.9 Å². The van der Waals surface area contributed by atoms with Crippen molar-refractivity contribution in [2.75, 3.05) is 0 Å². The van der Waals surface area contributed by atoms with Crippen molar-refractivity contribution in [3.63, 3.8) is 0 Å². The Kier molecular flexibility index (Phi) is 5.40. The number of halogens is 2. The number of thiazole rings is 1. The Hall–Kier alpha value is -1.60. The van der Waals surface area contributed by atoms with Crippen molar-refractivity contribution >= 4 is 52.2 Å². The van der Waals surface area contributed by atoms with Gasteiger partial charge in [-0.05, 0) is 29.8 Å². The van der Waals surface area contributed by atoms with Crippen LogP contribution in [0.4, 0.5) is 0 Å². The largest absolute Gasteiger partial charge is 0.368 e. The molecule has 0 aliphatic heterocycles. The molecule has 122 valence electrons. The minimum atomic E-state index is -0.587. The van der Waals surface area contributed by atoms with E-state index in [0.29, 0.717) is 15.6 Å². The lowest BCUT2D eigenvalue weighted by molar-refractivity contribution is -0.117. The van der Waals surface area contributed by atoms with Gasteiger partial charge >= 0.3 is 0 Å². The zero-order chi connectivity index (χ0) is 17.1. The van der Waals surface area contributed by atoms with Gasteiger partial charge in [0.25, 0.3) is 0 Å². The fourth-order valence-corrected chi connectivity index (χ4v) is 4.30. The summed E-state index contributed by atoms with van der Waals surface area (Å²) in [5.41, 5.74) is 8.06. The maximum absolute atomic E-state index is 11.9. The van der Waals surface area contributed by atoms with Gasteiger partial charge in [-0.2, -0.15) is 0 Å². The number of pyridine rings is 1. The van der Waals surface area contributed by atoms with Crippen LogP contribution in [-0.4, -0.2) is 15.9 Å². The molecular weight excluding hydrogens is 385 g/mol. The molecule has 24 heavy (non-hydrogen) atoms. The molecule has 1 unspecified atom stereocenters. The van der Waals surface area contributed by atoms with Crippen molar-refractivity contribution in [1.82, 2.24) is 9.97 Å². The van der Waals surface area contributed by atoms with Gasteiger partial charge < -0.3 is 5.73 Å². The molecule has 1 aromatic carbocycles. The first-order valence-electron chi connectivity index (χ1n) is 6.81. The first-order valence-corrected chi connectivity index (χ1v) is 9.33. The second-order valence-corrected chi connectivity index (χ2v) is 7.83. The highest BCUT2D eigenvalue weighted by Gasteiger charge is 2.22. The quantitative estimate of drug-likeness (QED) is 0.627. The number of hydrogen-bond donors (Lipinski definition) is 1. The Morgan fingerprint density at radius 3 is 2.58 bits per heavy atom. The maximum Gasteiger partial charge on any atom is 0.235 e. The second-order valence-electron chi connectivity index (χ2n) is 4.81. The SMILES string of the molecule is NC(=O)C(Sc1nc(-c2ccncc2)cs1)c1ccc(Cl)c(Cl)c1. The van der Waals surface area contributed by atoms with Gasteiger partial charge in [-0.3, -0.25) is 9.78 Å². The third kappa shape index (κ3) is 3.89. The summed E-state index contributed by atoms with van der Waals surface area (Å²) in [6.07, 6.45) is 3.42. The van der Waals surface area contributed by atoms with Gasteiger partial charge in [0.05, 0.1) is 15.7 Å². The van der Waals surface area contributed by atoms with Gasteiger partial charge in [0, 0.05) is 23.3 Å². The highest BCUT2D eigenvalue weighted by Crippen LogP contribution is 2.39. The molecular formula is C16H11Cl2N3OS2. The lowest BCUT2D eigenvalue weighted by Crippen LogP contribution is -2.18. The number of primary amides is 1. The maximum atomic E-state index is 11.9. The lowest BCUT2D eigenvalue weighted by atomic mass is 10.1. The van der Waals surface area contributed by atoms with Crippen molar-refractivity contribution in [3.05, 3.63) is 63.7 Å². The molecule has 0 saturated heterocycles. The van der Waals surface area contributed by atoms with Crippen LogP contribution >= 0.6 is 46.3 Å². The molecule has 3 aromatic rings. The molecule has 0 aliphatic carbocycles. The Morgan fingerprint density at radius 2 is 1.92 bits per heavy atom. The normalized spacial score (nSPS) is 12.1. The summed E-state index contributed by atoms with van der Waals surface area (Å²) in [5.74, 6) is -0.459. The number of nitrogens with zero attached hydrogens (tertiary/aromatic N) is 2. The lowest BCUT2D eigenvalue weighted by Gasteiger charge is -2.12. The number of benzene rings is 1. The van der Waals surface area contributed by atoms with Gasteiger partial charge in [-0.1, -0.05) is 41.0 Å². The molecule has 2 N–H and O–H groups in total. The summed E-state index contributed by atoms with van der Waals surface area (Å²) < 4.78 is 0.747. The van der Waals surface area contributed by atoms with Gasteiger partial charge in [0.1, 0.15) is 5.25 Å². The molecule has 1 atom stereocenters. The standard InChI is InChI=1S/C16H11Cl2N3OS2/c17-11-2-1-10(7-12(11)18)14(15(19)22)24-16-21-13(8-23-16)9-3-5-20-6-4-9/h1-8,14H,(H2,19,22). The fraction of sp³-hybridized carbons (Fsp3) is 0.0625. The van der Waals surface area contributed by atoms with Gasteiger partial charge in [-0.25, -0.2) is 4.98 Å². The number of carbonyl (C=O) groups is 1. The van der Waals surface area contributed by atoms with Crippen LogP contribution in [0.15, 0.2) is 52.4 Å². The van der Waals surface area contributed by atoms with E-state index in [0.717, 1.165) is 15.6 Å². The molecule has 0 aliphatic rings. The van der Waals surface area contributed by atoms with Crippen LogP contribution in [0.5, 0.6) is 0 Å². The molecule has 2 heterocycles. The second kappa shape index (κ2) is 7.53. The molecule has 3 rings (SSSR count). The summed E-state index contributed by atoms with van der Waals surface area (Å²) in [6, 6.07) is 8.82. The predicted molar refractivity (Wildman–Crippen MR) is 99.6 cm³/mol. The van der Waals surface area contributed by atoms with Crippen LogP contribution < -0.4 is 5.73 Å². The van der Waals surface area contributed by atoms with Gasteiger partial charge in [-0.15, -0.1) is 11.3 Å². The van der Waals surface area contributed by atoms with Crippen LogP contribution in [0.2, 0.25) is 10.0 Å². The topological polar surface area (TPSA) is 68.9 Å². The number of carbonyl (C=O) groups excluding carboxylic acids is 1. The Labute approximate surface area is 157 Å². The van der Waals surface area contributed by atoms with Gasteiger partial charge in [0.2, 0.25) is 5.91 Å². The minimum absolute atomic E-state index is 0.387. The first kappa shape index (κ1) is 17.2. The van der Waals surface area contributed by atoms with Crippen LogP contribution in [0.3, 0.4) is 0 Å². The smallest absolute Gasteiger partial charge is 0.235 e. The molecule has 0 saturated carbocycles. The monoisotopic (exact) mass is 395 g/mol. The van der Waals surface area contributed by atoms with Crippen molar-refractivity contribution in [3.8, 4) is 11.3 Å². The predicted octanol–water partition coefficient (Wildman–Crippen LogP) is 4.83. The summed E-state index contributed by atoms with van der Waals surface area (Å²) in [6.45, 7) is 0. The molecule has 2 aromatic heterocycles. The molecule has 0 bridgehead atoms. The summed E-state index contributed by atoms with van der Waals surface area (Å²) in [7, 11) is 0. The average Bonchev–Trinajstić information content (AvgIpc) is 3.05. The van der Waals surface area contributed by atoms with E-state index in [9.17, 15) is 4.79 Å². The van der Waals surface area contributed by atoms with Crippen molar-refractivity contribution in [1.29, 1.82) is 0 Å². The van der Waals surface area contributed by atoms with Crippen LogP contribution in [-0.2, 0) is 4.79 Å². The molecule has 0 spiro atoms. The van der Waals surface area contributed by atoms with E-state index >= 15 is 0 Å². The average molecular weight is 396 g/mol. The number of aromatic nitrogens is 2. The van der Waals surface area contributed by atoms with Crippen LogP contribution in [0.1, 0.15) is 10.8 Å². The van der Waals surface area contributed by atoms with E-state index in [2.05, 4.69) is 9.97 Å². The Morgan fingerprint density at radius 1 is 1.17 bits per heavy atom. The summed E-state index contributed by atoms with van der Waals surface area (Å²) >= 11 is 14.7. The zero-order valence-electron chi connectivity index (χ0n) is 12.1.